The van der Waals surface area contributed by atoms with Gasteiger partial charge in [0.1, 0.15) is 13.2 Å². The molecule has 0 aromatic heterocycles. The molecule has 6 nitrogen and oxygen atoms in total. The monoisotopic (exact) mass is 1070 g/mol. The van der Waals surface area contributed by atoms with Gasteiger partial charge in [0.2, 0.25) is 0 Å². The lowest BCUT2D eigenvalue weighted by atomic mass is 10.0. The Kier molecular flexibility index (Phi) is 63.6. The number of unbranched alkanes of at least 4 members (excludes halogenated alkanes) is 49. The molecule has 6 heteroatoms. The highest BCUT2D eigenvalue weighted by Gasteiger charge is 2.19. The smallest absolute Gasteiger partial charge is 0.306 e. The van der Waals surface area contributed by atoms with E-state index in [0.717, 1.165) is 70.6 Å². The summed E-state index contributed by atoms with van der Waals surface area (Å²) in [5.74, 6) is -0.850. The summed E-state index contributed by atoms with van der Waals surface area (Å²) >= 11 is 0. The molecule has 0 saturated carbocycles. The molecule has 0 saturated heterocycles. The summed E-state index contributed by atoms with van der Waals surface area (Å²) < 4.78 is 16.9. The third kappa shape index (κ3) is 62.7. The average Bonchev–Trinajstić information content (AvgIpc) is 3.42. The van der Waals surface area contributed by atoms with Crippen molar-refractivity contribution >= 4 is 17.9 Å². The van der Waals surface area contributed by atoms with Crippen molar-refractivity contribution in [3.63, 3.8) is 0 Å². The van der Waals surface area contributed by atoms with Crippen molar-refractivity contribution in [2.24, 2.45) is 0 Å². The van der Waals surface area contributed by atoms with Crippen LogP contribution in [-0.4, -0.2) is 37.2 Å². The van der Waals surface area contributed by atoms with Crippen molar-refractivity contribution in [3.05, 3.63) is 24.3 Å². The standard InChI is InChI=1S/C70H132O6/c1-4-7-10-13-16-19-22-24-26-28-30-31-32-33-34-35-36-37-38-39-40-42-43-45-48-51-54-57-60-63-69(72)75-66-67(65-74-68(71)62-59-56-53-50-47-21-18-15-12-9-6-3)76-70(73)64-61-58-55-52-49-46-44-41-29-27-25-23-20-17-14-11-8-5-2/h20,23,27,29,67H,4-19,21-22,24-26,28,30-66H2,1-3H3/b23-20-,29-27-. The molecule has 0 aliphatic heterocycles. The number of hydrogen-bond donors (Lipinski definition) is 0. The minimum absolute atomic E-state index is 0.0686. The van der Waals surface area contributed by atoms with Gasteiger partial charge >= 0.3 is 17.9 Å². The summed E-state index contributed by atoms with van der Waals surface area (Å²) in [6, 6.07) is 0. The number of carbonyl (C=O) groups excluding carboxylic acids is 3. The first-order valence-corrected chi connectivity index (χ1v) is 34.3. The predicted molar refractivity (Wildman–Crippen MR) is 330 cm³/mol. The van der Waals surface area contributed by atoms with E-state index in [1.54, 1.807) is 0 Å². The third-order valence-corrected chi connectivity index (χ3v) is 15.7. The van der Waals surface area contributed by atoms with Gasteiger partial charge in [-0.25, -0.2) is 0 Å². The Morgan fingerprint density at radius 1 is 0.263 bits per heavy atom. The van der Waals surface area contributed by atoms with E-state index >= 15 is 0 Å². The molecule has 0 aromatic carbocycles. The van der Waals surface area contributed by atoms with Crippen LogP contribution in [0.5, 0.6) is 0 Å². The highest BCUT2D eigenvalue weighted by Crippen LogP contribution is 2.19. The highest BCUT2D eigenvalue weighted by molar-refractivity contribution is 5.71. The normalized spacial score (nSPS) is 12.1. The van der Waals surface area contributed by atoms with Gasteiger partial charge in [0.25, 0.3) is 0 Å². The largest absolute Gasteiger partial charge is 0.462 e. The first-order chi connectivity index (χ1) is 37.5. The van der Waals surface area contributed by atoms with Crippen molar-refractivity contribution in [2.75, 3.05) is 13.2 Å². The number of hydrogen-bond acceptors (Lipinski definition) is 6. The van der Waals surface area contributed by atoms with Gasteiger partial charge in [-0.1, -0.05) is 340 Å². The van der Waals surface area contributed by atoms with Gasteiger partial charge in [-0.2, -0.15) is 0 Å². The fraction of sp³-hybridized carbons (Fsp3) is 0.900. The Morgan fingerprint density at radius 3 is 0.737 bits per heavy atom. The second-order valence-electron chi connectivity index (χ2n) is 23.5. The topological polar surface area (TPSA) is 78.9 Å². The zero-order chi connectivity index (χ0) is 55.0. The molecule has 0 aliphatic carbocycles. The number of ether oxygens (including phenoxy) is 3. The van der Waals surface area contributed by atoms with Crippen LogP contribution in [0.25, 0.3) is 0 Å². The summed E-state index contributed by atoms with van der Waals surface area (Å²) in [7, 11) is 0. The third-order valence-electron chi connectivity index (χ3n) is 15.7. The number of rotatable bonds is 64. The van der Waals surface area contributed by atoms with Crippen molar-refractivity contribution < 1.29 is 28.6 Å². The van der Waals surface area contributed by atoms with E-state index < -0.39 is 6.10 Å². The Hall–Kier alpha value is -2.11. The van der Waals surface area contributed by atoms with E-state index in [1.165, 1.54) is 276 Å². The lowest BCUT2D eigenvalue weighted by Crippen LogP contribution is -2.30. The molecule has 0 rings (SSSR count). The number of allylic oxidation sites excluding steroid dienone is 4. The van der Waals surface area contributed by atoms with Crippen molar-refractivity contribution in [2.45, 2.75) is 393 Å². The van der Waals surface area contributed by atoms with Gasteiger partial charge in [0.05, 0.1) is 0 Å². The van der Waals surface area contributed by atoms with Gasteiger partial charge in [-0.05, 0) is 51.4 Å². The second-order valence-corrected chi connectivity index (χ2v) is 23.5. The maximum Gasteiger partial charge on any atom is 0.306 e. The minimum atomic E-state index is -0.771. The maximum absolute atomic E-state index is 12.9. The summed E-state index contributed by atoms with van der Waals surface area (Å²) in [6.45, 7) is 6.68. The van der Waals surface area contributed by atoms with Crippen molar-refractivity contribution in [1.29, 1.82) is 0 Å². The van der Waals surface area contributed by atoms with Gasteiger partial charge < -0.3 is 14.2 Å². The van der Waals surface area contributed by atoms with Crippen molar-refractivity contribution in [3.8, 4) is 0 Å². The predicted octanol–water partition coefficient (Wildman–Crippen LogP) is 23.4. The van der Waals surface area contributed by atoms with E-state index in [4.69, 9.17) is 14.2 Å². The van der Waals surface area contributed by atoms with Crippen LogP contribution >= 0.6 is 0 Å². The quantitative estimate of drug-likeness (QED) is 0.0261. The average molecular weight is 1070 g/mol. The molecule has 0 aromatic rings. The van der Waals surface area contributed by atoms with Gasteiger partial charge in [-0.15, -0.1) is 0 Å². The molecule has 0 heterocycles. The van der Waals surface area contributed by atoms with Gasteiger partial charge in [0, 0.05) is 19.3 Å². The van der Waals surface area contributed by atoms with Crippen LogP contribution in [0.3, 0.4) is 0 Å². The lowest BCUT2D eigenvalue weighted by Gasteiger charge is -2.18. The molecule has 0 bridgehead atoms. The Morgan fingerprint density at radius 2 is 0.474 bits per heavy atom. The molecule has 0 aliphatic rings. The zero-order valence-corrected chi connectivity index (χ0v) is 51.6. The summed E-state index contributed by atoms with van der Waals surface area (Å²) in [5, 5.41) is 0. The molecule has 76 heavy (non-hydrogen) atoms. The highest BCUT2D eigenvalue weighted by atomic mass is 16.6. The summed E-state index contributed by atoms with van der Waals surface area (Å²) in [4.78, 5) is 38.3. The molecule has 1 unspecified atom stereocenters. The molecule has 0 fully saturated rings. The Balaban J connectivity index is 4.12. The van der Waals surface area contributed by atoms with Gasteiger partial charge in [0.15, 0.2) is 6.10 Å². The summed E-state index contributed by atoms with van der Waals surface area (Å²) in [5.41, 5.74) is 0. The lowest BCUT2D eigenvalue weighted by molar-refractivity contribution is -0.167. The van der Waals surface area contributed by atoms with Gasteiger partial charge in [-0.3, -0.25) is 14.4 Å². The van der Waals surface area contributed by atoms with E-state index in [0.29, 0.717) is 19.3 Å². The van der Waals surface area contributed by atoms with Crippen LogP contribution in [0.2, 0.25) is 0 Å². The minimum Gasteiger partial charge on any atom is -0.462 e. The molecular weight excluding hydrogens is 937 g/mol. The molecular formula is C70H132O6. The molecule has 0 N–H and O–H groups in total. The van der Waals surface area contributed by atoms with Crippen LogP contribution in [0.15, 0.2) is 24.3 Å². The van der Waals surface area contributed by atoms with Crippen LogP contribution in [0.4, 0.5) is 0 Å². The van der Waals surface area contributed by atoms with Crippen molar-refractivity contribution in [1.82, 2.24) is 0 Å². The molecule has 0 spiro atoms. The molecule has 0 radical (unpaired) electrons. The first kappa shape index (κ1) is 73.9. The second kappa shape index (κ2) is 65.4. The van der Waals surface area contributed by atoms with Crippen LogP contribution < -0.4 is 0 Å². The van der Waals surface area contributed by atoms with E-state index in [-0.39, 0.29) is 31.1 Å². The van der Waals surface area contributed by atoms with Crippen LogP contribution in [0, 0.1) is 0 Å². The first-order valence-electron chi connectivity index (χ1n) is 34.3. The fourth-order valence-corrected chi connectivity index (χ4v) is 10.5. The summed E-state index contributed by atoms with van der Waals surface area (Å²) in [6.07, 6.45) is 79.3. The molecule has 0 amide bonds. The fourth-order valence-electron chi connectivity index (χ4n) is 10.5. The molecule has 448 valence electrons. The molecule has 1 atom stereocenters. The Labute approximate surface area is 474 Å². The maximum atomic E-state index is 12.9. The number of esters is 3. The van der Waals surface area contributed by atoms with Crippen LogP contribution in [-0.2, 0) is 28.6 Å². The zero-order valence-electron chi connectivity index (χ0n) is 51.6. The number of carbonyl (C=O) groups is 3. The van der Waals surface area contributed by atoms with E-state index in [9.17, 15) is 14.4 Å². The van der Waals surface area contributed by atoms with Crippen LogP contribution in [0.1, 0.15) is 387 Å². The SMILES string of the molecule is CCCCCC/C=C\C/C=C\CCCCCCCCCC(=O)OC(COC(=O)CCCCCCCCCCCCC)COC(=O)CCCCCCCCCCCCCCCCCCCCCCCCCCCCCCC. The Bertz CT molecular complexity index is 1230. The van der Waals surface area contributed by atoms with E-state index in [1.807, 2.05) is 0 Å². The van der Waals surface area contributed by atoms with E-state index in [2.05, 4.69) is 45.1 Å².